The van der Waals surface area contributed by atoms with Gasteiger partial charge in [0.15, 0.2) is 0 Å². The van der Waals surface area contributed by atoms with E-state index in [0.717, 1.165) is 12.1 Å². The van der Waals surface area contributed by atoms with Crippen LogP contribution in [0.3, 0.4) is 0 Å². The van der Waals surface area contributed by atoms with Crippen LogP contribution in [0.5, 0.6) is 0 Å². The SMILES string of the molecule is NC(=O)Cc1ccc(F)nc1[N+](=O)[O-]. The summed E-state index contributed by atoms with van der Waals surface area (Å²) in [7, 11) is 0. The number of nitrogens with zero attached hydrogens (tertiary/aromatic N) is 2. The fourth-order valence-corrected chi connectivity index (χ4v) is 0.938. The van der Waals surface area contributed by atoms with Gasteiger partial charge in [0, 0.05) is 6.07 Å². The summed E-state index contributed by atoms with van der Waals surface area (Å²) in [5.41, 5.74) is 4.85. The largest absolute Gasteiger partial charge is 0.370 e. The van der Waals surface area contributed by atoms with Crippen LogP contribution in [0.15, 0.2) is 12.1 Å². The Labute approximate surface area is 77.7 Å². The molecule has 0 bridgehead atoms. The molecule has 0 radical (unpaired) electrons. The molecule has 2 N–H and O–H groups in total. The molecule has 0 saturated heterocycles. The minimum atomic E-state index is -0.968. The van der Waals surface area contributed by atoms with E-state index >= 15 is 0 Å². The predicted octanol–water partition coefficient (Wildman–Crippen LogP) is 0.157. The van der Waals surface area contributed by atoms with Gasteiger partial charge in [0.1, 0.15) is 0 Å². The molecule has 74 valence electrons. The van der Waals surface area contributed by atoms with Crippen LogP contribution < -0.4 is 5.73 Å². The lowest BCUT2D eigenvalue weighted by Gasteiger charge is -1.98. The third-order valence-corrected chi connectivity index (χ3v) is 1.46. The molecule has 0 atom stereocenters. The molecule has 0 saturated carbocycles. The third kappa shape index (κ3) is 2.22. The lowest BCUT2D eigenvalue weighted by Crippen LogP contribution is -2.15. The molecule has 0 aliphatic carbocycles. The standard InChI is InChI=1S/C7H6FN3O3/c8-5-2-1-4(3-6(9)12)7(10-5)11(13)14/h1-2H,3H2,(H2,9,12). The average molecular weight is 199 g/mol. The Bertz CT molecular complexity index is 394. The van der Waals surface area contributed by atoms with Crippen molar-refractivity contribution in [3.8, 4) is 0 Å². The van der Waals surface area contributed by atoms with Gasteiger partial charge in [-0.15, -0.1) is 0 Å². The number of carbonyl (C=O) groups is 1. The Balaban J connectivity index is 3.14. The zero-order valence-electron chi connectivity index (χ0n) is 6.94. The fourth-order valence-electron chi connectivity index (χ4n) is 0.938. The van der Waals surface area contributed by atoms with Gasteiger partial charge >= 0.3 is 11.8 Å². The van der Waals surface area contributed by atoms with Crippen molar-refractivity contribution in [2.45, 2.75) is 6.42 Å². The molecule has 0 aromatic carbocycles. The van der Waals surface area contributed by atoms with E-state index in [4.69, 9.17) is 5.73 Å². The van der Waals surface area contributed by atoms with Gasteiger partial charge in [0.05, 0.1) is 12.0 Å². The van der Waals surface area contributed by atoms with E-state index in [0.29, 0.717) is 0 Å². The van der Waals surface area contributed by atoms with Crippen molar-refractivity contribution in [3.63, 3.8) is 0 Å². The van der Waals surface area contributed by atoms with Crippen molar-refractivity contribution in [2.75, 3.05) is 0 Å². The fraction of sp³-hybridized carbons (Fsp3) is 0.143. The van der Waals surface area contributed by atoms with Crippen LogP contribution >= 0.6 is 0 Å². The van der Waals surface area contributed by atoms with Crippen LogP contribution in [0.25, 0.3) is 0 Å². The topological polar surface area (TPSA) is 99.1 Å². The van der Waals surface area contributed by atoms with Gasteiger partial charge in [-0.1, -0.05) is 0 Å². The number of rotatable bonds is 3. The average Bonchev–Trinajstić information content (AvgIpc) is 2.07. The molecule has 0 fully saturated rings. The molecule has 6 nitrogen and oxygen atoms in total. The summed E-state index contributed by atoms with van der Waals surface area (Å²) in [6.45, 7) is 0. The van der Waals surface area contributed by atoms with E-state index in [2.05, 4.69) is 4.98 Å². The maximum atomic E-state index is 12.5. The molecule has 1 aromatic rings. The summed E-state index contributed by atoms with van der Waals surface area (Å²) in [5, 5.41) is 10.4. The minimum absolute atomic E-state index is 0.00361. The van der Waals surface area contributed by atoms with Crippen LogP contribution in [0.4, 0.5) is 10.2 Å². The van der Waals surface area contributed by atoms with Gasteiger partial charge in [-0.2, -0.15) is 4.39 Å². The highest BCUT2D eigenvalue weighted by Crippen LogP contribution is 2.15. The number of carbonyl (C=O) groups excluding carboxylic acids is 1. The predicted molar refractivity (Wildman–Crippen MR) is 43.7 cm³/mol. The van der Waals surface area contributed by atoms with Gasteiger partial charge in [0.2, 0.25) is 5.91 Å². The molecule has 1 rings (SSSR count). The van der Waals surface area contributed by atoms with Crippen LogP contribution in [0.2, 0.25) is 0 Å². The Morgan fingerprint density at radius 2 is 2.29 bits per heavy atom. The van der Waals surface area contributed by atoms with E-state index in [1.807, 2.05) is 0 Å². The highest BCUT2D eigenvalue weighted by molar-refractivity contribution is 5.77. The van der Waals surface area contributed by atoms with Crippen molar-refractivity contribution in [3.05, 3.63) is 33.8 Å². The Morgan fingerprint density at radius 1 is 1.64 bits per heavy atom. The van der Waals surface area contributed by atoms with Crippen molar-refractivity contribution in [1.82, 2.24) is 4.98 Å². The van der Waals surface area contributed by atoms with Gasteiger partial charge in [-0.25, -0.2) is 0 Å². The van der Waals surface area contributed by atoms with E-state index in [-0.39, 0.29) is 12.0 Å². The first-order valence-corrected chi connectivity index (χ1v) is 3.59. The highest BCUT2D eigenvalue weighted by atomic mass is 19.1. The molecule has 0 unspecified atom stereocenters. The second kappa shape index (κ2) is 3.77. The summed E-state index contributed by atoms with van der Waals surface area (Å²) >= 11 is 0. The summed E-state index contributed by atoms with van der Waals surface area (Å²) in [6, 6.07) is 2.05. The molecule has 0 spiro atoms. The summed E-state index contributed by atoms with van der Waals surface area (Å²) in [4.78, 5) is 23.1. The van der Waals surface area contributed by atoms with Crippen LogP contribution in [-0.4, -0.2) is 15.8 Å². The molecule has 7 heteroatoms. The number of hydrogen-bond acceptors (Lipinski definition) is 4. The molecular weight excluding hydrogens is 193 g/mol. The summed E-state index contributed by atoms with van der Waals surface area (Å²) in [6.07, 6.45) is -0.330. The number of halogens is 1. The van der Waals surface area contributed by atoms with Crippen molar-refractivity contribution in [2.24, 2.45) is 5.73 Å². The van der Waals surface area contributed by atoms with Crippen molar-refractivity contribution < 1.29 is 14.1 Å². The maximum absolute atomic E-state index is 12.5. The van der Waals surface area contributed by atoms with Gasteiger partial charge in [-0.05, 0) is 16.0 Å². The van der Waals surface area contributed by atoms with Crippen LogP contribution in [0.1, 0.15) is 5.56 Å². The first-order chi connectivity index (χ1) is 6.50. The number of nitrogens with two attached hydrogens (primary N) is 1. The smallest absolute Gasteiger partial charge is 0.369 e. The quantitative estimate of drug-likeness (QED) is 0.425. The molecule has 1 aromatic heterocycles. The second-order valence-electron chi connectivity index (χ2n) is 2.52. The van der Waals surface area contributed by atoms with Gasteiger partial charge < -0.3 is 15.8 Å². The van der Waals surface area contributed by atoms with E-state index < -0.39 is 22.6 Å². The highest BCUT2D eigenvalue weighted by Gasteiger charge is 2.18. The van der Waals surface area contributed by atoms with Crippen molar-refractivity contribution >= 4 is 11.7 Å². The van der Waals surface area contributed by atoms with Gasteiger partial charge in [-0.3, -0.25) is 4.79 Å². The number of aromatic nitrogens is 1. The molecule has 14 heavy (non-hydrogen) atoms. The monoisotopic (exact) mass is 199 g/mol. The molecule has 1 amide bonds. The number of amides is 1. The van der Waals surface area contributed by atoms with E-state index in [1.54, 1.807) is 0 Å². The van der Waals surface area contributed by atoms with Crippen molar-refractivity contribution in [1.29, 1.82) is 0 Å². The molecule has 0 aliphatic heterocycles. The Morgan fingerprint density at radius 3 is 2.79 bits per heavy atom. The van der Waals surface area contributed by atoms with E-state index in [1.165, 1.54) is 0 Å². The lowest BCUT2D eigenvalue weighted by molar-refractivity contribution is -0.390. The summed E-state index contributed by atoms with van der Waals surface area (Å²) in [5.74, 6) is -2.38. The third-order valence-electron chi connectivity index (χ3n) is 1.46. The van der Waals surface area contributed by atoms with Crippen LogP contribution in [0, 0.1) is 16.1 Å². The first kappa shape index (κ1) is 10.0. The molecular formula is C7H6FN3O3. The number of nitro groups is 1. The summed E-state index contributed by atoms with van der Waals surface area (Å²) < 4.78 is 12.5. The molecule has 0 aliphatic rings. The first-order valence-electron chi connectivity index (χ1n) is 3.59. The van der Waals surface area contributed by atoms with E-state index in [9.17, 15) is 19.3 Å². The lowest BCUT2D eigenvalue weighted by atomic mass is 10.2. The zero-order chi connectivity index (χ0) is 10.7. The normalized spacial score (nSPS) is 9.79. The Hall–Kier alpha value is -2.05. The maximum Gasteiger partial charge on any atom is 0.370 e. The number of primary amides is 1. The van der Waals surface area contributed by atoms with Gasteiger partial charge in [0.25, 0.3) is 0 Å². The van der Waals surface area contributed by atoms with Crippen LogP contribution in [-0.2, 0) is 11.2 Å². The second-order valence-corrected chi connectivity index (χ2v) is 2.52. The number of hydrogen-bond donors (Lipinski definition) is 1. The molecule has 1 heterocycles. The number of pyridine rings is 1. The minimum Gasteiger partial charge on any atom is -0.369 e. The Kier molecular flexibility index (Phi) is 2.70. The zero-order valence-corrected chi connectivity index (χ0v) is 6.94.